The van der Waals surface area contributed by atoms with Crippen molar-refractivity contribution in [3.05, 3.63) is 82.3 Å². The lowest BCUT2D eigenvalue weighted by molar-refractivity contribution is -0.119. The number of esters is 1. The van der Waals surface area contributed by atoms with Crippen LogP contribution in [-0.4, -0.2) is 47.3 Å². The molecule has 0 bridgehead atoms. The SMILES string of the molecule is COc1ccc(C(=O)Oc2ccc(Br)cc2C=NNC(=O)CNS(=O)(=O)c2ccccc2)cc1OC. The number of hydrogen-bond donors (Lipinski definition) is 2. The van der Waals surface area contributed by atoms with Crippen LogP contribution in [-0.2, 0) is 14.8 Å². The minimum absolute atomic E-state index is 0.0383. The second kappa shape index (κ2) is 12.3. The number of sulfonamides is 1. The average Bonchev–Trinajstić information content (AvgIpc) is 2.89. The van der Waals surface area contributed by atoms with Crippen molar-refractivity contribution in [3.8, 4) is 17.2 Å². The van der Waals surface area contributed by atoms with Crippen molar-refractivity contribution in [2.24, 2.45) is 5.10 Å². The number of benzene rings is 3. The molecule has 188 valence electrons. The van der Waals surface area contributed by atoms with Gasteiger partial charge in [-0.25, -0.2) is 23.4 Å². The molecule has 36 heavy (non-hydrogen) atoms. The lowest BCUT2D eigenvalue weighted by Gasteiger charge is -2.11. The summed E-state index contributed by atoms with van der Waals surface area (Å²) >= 11 is 3.34. The monoisotopic (exact) mass is 575 g/mol. The molecule has 0 unspecified atom stereocenters. The molecule has 12 heteroatoms. The van der Waals surface area contributed by atoms with E-state index in [1.54, 1.807) is 42.5 Å². The molecule has 3 rings (SSSR count). The third-order valence-corrected chi connectivity index (χ3v) is 6.57. The Balaban J connectivity index is 1.65. The van der Waals surface area contributed by atoms with Gasteiger partial charge in [0.05, 0.1) is 37.4 Å². The van der Waals surface area contributed by atoms with Crippen molar-refractivity contribution >= 4 is 44.0 Å². The number of amides is 1. The minimum Gasteiger partial charge on any atom is -0.493 e. The highest BCUT2D eigenvalue weighted by Crippen LogP contribution is 2.29. The van der Waals surface area contributed by atoms with E-state index in [9.17, 15) is 18.0 Å². The normalized spacial score (nSPS) is 11.2. The van der Waals surface area contributed by atoms with Gasteiger partial charge in [-0.15, -0.1) is 0 Å². The number of rotatable bonds is 10. The zero-order valence-corrected chi connectivity index (χ0v) is 21.6. The molecule has 0 spiro atoms. The number of nitrogens with zero attached hydrogens (tertiary/aromatic N) is 1. The van der Waals surface area contributed by atoms with Gasteiger partial charge in [0, 0.05) is 10.0 Å². The first kappa shape index (κ1) is 26.9. The molecule has 0 aliphatic heterocycles. The standard InChI is InChI=1S/C24H22BrN3O7S/c1-33-21-10-8-16(13-22(21)34-2)24(30)35-20-11-9-18(25)12-17(20)14-26-28-23(29)15-27-36(31,32)19-6-4-3-5-7-19/h3-14,27H,15H2,1-2H3,(H,28,29). The Hall–Kier alpha value is -3.74. The molecular formula is C24H22BrN3O7S. The highest BCUT2D eigenvalue weighted by molar-refractivity contribution is 9.10. The molecule has 2 N–H and O–H groups in total. The summed E-state index contributed by atoms with van der Waals surface area (Å²) in [6.45, 7) is -0.520. The number of methoxy groups -OCH3 is 2. The Labute approximate surface area is 216 Å². The van der Waals surface area contributed by atoms with Gasteiger partial charge in [-0.3, -0.25) is 4.79 Å². The molecule has 1 amide bonds. The second-order valence-electron chi connectivity index (χ2n) is 7.07. The third-order valence-electron chi connectivity index (χ3n) is 4.66. The van der Waals surface area contributed by atoms with Gasteiger partial charge < -0.3 is 14.2 Å². The van der Waals surface area contributed by atoms with Crippen LogP contribution in [0.5, 0.6) is 17.2 Å². The van der Waals surface area contributed by atoms with E-state index in [0.29, 0.717) is 21.5 Å². The summed E-state index contributed by atoms with van der Waals surface area (Å²) in [6.07, 6.45) is 1.27. The summed E-state index contributed by atoms with van der Waals surface area (Å²) in [4.78, 5) is 24.8. The quantitative estimate of drug-likeness (QED) is 0.164. The van der Waals surface area contributed by atoms with Crippen molar-refractivity contribution in [3.63, 3.8) is 0 Å². The number of nitrogens with one attached hydrogen (secondary N) is 2. The van der Waals surface area contributed by atoms with Crippen molar-refractivity contribution < 1.29 is 32.2 Å². The maximum Gasteiger partial charge on any atom is 0.343 e. The summed E-state index contributed by atoms with van der Waals surface area (Å²) in [5, 5.41) is 3.84. The second-order valence-corrected chi connectivity index (χ2v) is 9.75. The maximum absolute atomic E-state index is 12.7. The molecule has 0 saturated heterocycles. The molecule has 3 aromatic carbocycles. The average molecular weight is 576 g/mol. The minimum atomic E-state index is -3.84. The first-order valence-corrected chi connectivity index (χ1v) is 12.6. The summed E-state index contributed by atoms with van der Waals surface area (Å²) < 4.78 is 43.2. The third kappa shape index (κ3) is 7.13. The fraction of sp³-hybridized carbons (Fsp3) is 0.125. The van der Waals surface area contributed by atoms with E-state index in [0.717, 1.165) is 0 Å². The molecule has 0 heterocycles. The summed E-state index contributed by atoms with van der Waals surface area (Å²) in [7, 11) is -0.896. The maximum atomic E-state index is 12.7. The Morgan fingerprint density at radius 2 is 1.64 bits per heavy atom. The molecule has 0 aromatic heterocycles. The number of ether oxygens (including phenoxy) is 3. The van der Waals surface area contributed by atoms with Gasteiger partial charge in [0.2, 0.25) is 10.0 Å². The highest BCUT2D eigenvalue weighted by Gasteiger charge is 2.16. The number of carbonyl (C=O) groups is 2. The van der Waals surface area contributed by atoms with Gasteiger partial charge in [0.1, 0.15) is 5.75 Å². The topological polar surface area (TPSA) is 132 Å². The fourth-order valence-corrected chi connectivity index (χ4v) is 4.27. The van der Waals surface area contributed by atoms with Crippen LogP contribution in [0.25, 0.3) is 0 Å². The van der Waals surface area contributed by atoms with Crippen LogP contribution in [0, 0.1) is 0 Å². The van der Waals surface area contributed by atoms with Crippen LogP contribution in [0.15, 0.2) is 81.2 Å². The largest absolute Gasteiger partial charge is 0.493 e. The van der Waals surface area contributed by atoms with Gasteiger partial charge in [0.15, 0.2) is 11.5 Å². The summed E-state index contributed by atoms with van der Waals surface area (Å²) in [5.74, 6) is -0.319. The molecule has 0 fully saturated rings. The van der Waals surface area contributed by atoms with Crippen LogP contribution in [0.2, 0.25) is 0 Å². The molecule has 3 aromatic rings. The van der Waals surface area contributed by atoms with Gasteiger partial charge in [-0.1, -0.05) is 34.1 Å². The fourth-order valence-electron chi connectivity index (χ4n) is 2.89. The van der Waals surface area contributed by atoms with Crippen LogP contribution < -0.4 is 24.4 Å². The molecule has 0 radical (unpaired) electrons. The van der Waals surface area contributed by atoms with Gasteiger partial charge in [0.25, 0.3) is 5.91 Å². The van der Waals surface area contributed by atoms with E-state index < -0.39 is 28.4 Å². The van der Waals surface area contributed by atoms with E-state index in [4.69, 9.17) is 14.2 Å². The van der Waals surface area contributed by atoms with Crippen LogP contribution in [0.4, 0.5) is 0 Å². The van der Waals surface area contributed by atoms with Gasteiger partial charge in [-0.2, -0.15) is 5.10 Å². The van der Waals surface area contributed by atoms with E-state index in [2.05, 4.69) is 31.2 Å². The number of carbonyl (C=O) groups excluding carboxylic acids is 2. The Morgan fingerprint density at radius 1 is 0.944 bits per heavy atom. The first-order valence-electron chi connectivity index (χ1n) is 10.3. The molecule has 0 saturated carbocycles. The number of hydrazone groups is 1. The van der Waals surface area contributed by atoms with Crippen molar-refractivity contribution in [2.75, 3.05) is 20.8 Å². The number of hydrogen-bond acceptors (Lipinski definition) is 8. The highest BCUT2D eigenvalue weighted by atomic mass is 79.9. The van der Waals surface area contributed by atoms with E-state index in [-0.39, 0.29) is 16.2 Å². The van der Waals surface area contributed by atoms with Gasteiger partial charge >= 0.3 is 5.97 Å². The van der Waals surface area contributed by atoms with E-state index in [1.807, 2.05) is 0 Å². The van der Waals surface area contributed by atoms with Crippen LogP contribution >= 0.6 is 15.9 Å². The Morgan fingerprint density at radius 3 is 2.33 bits per heavy atom. The predicted molar refractivity (Wildman–Crippen MR) is 136 cm³/mol. The molecule has 0 atom stereocenters. The van der Waals surface area contributed by atoms with E-state index in [1.165, 1.54) is 44.7 Å². The van der Waals surface area contributed by atoms with Gasteiger partial charge in [-0.05, 0) is 48.5 Å². The van der Waals surface area contributed by atoms with Crippen molar-refractivity contribution in [1.29, 1.82) is 0 Å². The summed E-state index contributed by atoms with van der Waals surface area (Å²) in [6, 6.07) is 17.1. The zero-order valence-electron chi connectivity index (χ0n) is 19.2. The Kier molecular flexibility index (Phi) is 9.17. The lowest BCUT2D eigenvalue weighted by Crippen LogP contribution is -2.34. The first-order chi connectivity index (χ1) is 17.2. The molecule has 10 nitrogen and oxygen atoms in total. The predicted octanol–water partition coefficient (Wildman–Crippen LogP) is 3.11. The number of halogens is 1. The lowest BCUT2D eigenvalue weighted by atomic mass is 10.2. The molecule has 0 aliphatic carbocycles. The van der Waals surface area contributed by atoms with Crippen LogP contribution in [0.3, 0.4) is 0 Å². The van der Waals surface area contributed by atoms with Crippen molar-refractivity contribution in [1.82, 2.24) is 10.1 Å². The van der Waals surface area contributed by atoms with E-state index >= 15 is 0 Å². The van der Waals surface area contributed by atoms with Crippen LogP contribution in [0.1, 0.15) is 15.9 Å². The van der Waals surface area contributed by atoms with Crippen molar-refractivity contribution in [2.45, 2.75) is 4.90 Å². The summed E-state index contributed by atoms with van der Waals surface area (Å²) in [5.41, 5.74) is 2.84. The molecular weight excluding hydrogens is 554 g/mol. The Bertz CT molecular complexity index is 1380. The molecule has 0 aliphatic rings. The zero-order chi connectivity index (χ0) is 26.1. The smallest absolute Gasteiger partial charge is 0.343 e.